The first kappa shape index (κ1) is 22.2. The first-order valence-corrected chi connectivity index (χ1v) is 10.3. The lowest BCUT2D eigenvalue weighted by Crippen LogP contribution is -2.14. The summed E-state index contributed by atoms with van der Waals surface area (Å²) in [5.41, 5.74) is 2.17. The summed E-state index contributed by atoms with van der Waals surface area (Å²) in [6.45, 7) is 0. The molecule has 0 aliphatic rings. The third-order valence-corrected chi connectivity index (χ3v) is 5.26. The van der Waals surface area contributed by atoms with Crippen LogP contribution in [0.15, 0.2) is 53.6 Å². The van der Waals surface area contributed by atoms with Gasteiger partial charge in [-0.15, -0.1) is 10.2 Å². The Morgan fingerprint density at radius 3 is 2.06 bits per heavy atom. The number of carbonyl (C=O) groups is 1. The van der Waals surface area contributed by atoms with E-state index in [0.29, 0.717) is 39.4 Å². The second-order valence-electron chi connectivity index (χ2n) is 6.23. The summed E-state index contributed by atoms with van der Waals surface area (Å²) in [7, 11) is 6.28. The summed E-state index contributed by atoms with van der Waals surface area (Å²) in [5.74, 6) is 2.44. The highest BCUT2D eigenvalue weighted by Crippen LogP contribution is 2.32. The van der Waals surface area contributed by atoms with Crippen molar-refractivity contribution in [3.05, 3.63) is 48.5 Å². The minimum Gasteiger partial charge on any atom is -0.493 e. The van der Waals surface area contributed by atoms with E-state index in [4.69, 9.17) is 18.9 Å². The van der Waals surface area contributed by atoms with Crippen molar-refractivity contribution in [1.29, 1.82) is 0 Å². The number of nitrogens with one attached hydrogen (secondary N) is 1. The lowest BCUT2D eigenvalue weighted by atomic mass is 10.1. The normalized spacial score (nSPS) is 10.3. The number of thioether (sulfide) groups is 1. The fraction of sp³-hybridized carbons (Fsp3) is 0.227. The molecule has 0 spiro atoms. The molecule has 0 aliphatic heterocycles. The van der Waals surface area contributed by atoms with E-state index in [1.807, 2.05) is 30.3 Å². The molecule has 0 bridgehead atoms. The highest BCUT2D eigenvalue weighted by Gasteiger charge is 2.10. The van der Waals surface area contributed by atoms with Gasteiger partial charge in [0.2, 0.25) is 5.91 Å². The molecular formula is C22H23N3O5S. The molecule has 1 N–H and O–H groups in total. The van der Waals surface area contributed by atoms with Gasteiger partial charge in [0.25, 0.3) is 0 Å². The van der Waals surface area contributed by atoms with Gasteiger partial charge in [-0.3, -0.25) is 4.79 Å². The predicted octanol–water partition coefficient (Wildman–Crippen LogP) is 3.91. The number of anilines is 1. The topological polar surface area (TPSA) is 91.8 Å². The molecule has 1 heterocycles. The number of methoxy groups -OCH3 is 4. The Balaban J connectivity index is 1.60. The van der Waals surface area contributed by atoms with Crippen molar-refractivity contribution in [3.8, 4) is 34.3 Å². The Bertz CT molecular complexity index is 1040. The van der Waals surface area contributed by atoms with Crippen LogP contribution in [0.4, 0.5) is 5.69 Å². The SMILES string of the molecule is COc1ccc(NC(=O)CSc2ccc(-c3ccc(OC)c(OC)c3)nn2)cc1OC. The van der Waals surface area contributed by atoms with E-state index >= 15 is 0 Å². The van der Waals surface area contributed by atoms with Gasteiger partial charge in [-0.1, -0.05) is 11.8 Å². The van der Waals surface area contributed by atoms with Gasteiger partial charge in [0.1, 0.15) is 5.03 Å². The standard InChI is InChI=1S/C22H23N3O5S/c1-27-17-8-5-14(11-19(17)29-3)16-7-10-22(25-24-16)31-13-21(26)23-15-6-9-18(28-2)20(12-15)30-4/h5-12H,13H2,1-4H3,(H,23,26). The quantitative estimate of drug-likeness (QED) is 0.500. The number of hydrogen-bond acceptors (Lipinski definition) is 8. The molecule has 3 rings (SSSR count). The number of amides is 1. The number of nitrogens with zero attached hydrogens (tertiary/aromatic N) is 2. The van der Waals surface area contributed by atoms with Gasteiger partial charge in [-0.2, -0.15) is 0 Å². The third-order valence-electron chi connectivity index (χ3n) is 4.34. The largest absolute Gasteiger partial charge is 0.493 e. The zero-order valence-corrected chi connectivity index (χ0v) is 18.5. The maximum Gasteiger partial charge on any atom is 0.234 e. The van der Waals surface area contributed by atoms with Gasteiger partial charge in [-0.25, -0.2) is 0 Å². The van der Waals surface area contributed by atoms with Crippen molar-refractivity contribution in [2.75, 3.05) is 39.5 Å². The number of aromatic nitrogens is 2. The summed E-state index contributed by atoms with van der Waals surface area (Å²) in [6.07, 6.45) is 0. The summed E-state index contributed by atoms with van der Waals surface area (Å²) in [4.78, 5) is 12.3. The van der Waals surface area contributed by atoms with Crippen LogP contribution in [-0.4, -0.2) is 50.3 Å². The Hall–Kier alpha value is -3.46. The molecule has 8 nitrogen and oxygen atoms in total. The van der Waals surface area contributed by atoms with Crippen LogP contribution in [0.25, 0.3) is 11.3 Å². The number of benzene rings is 2. The lowest BCUT2D eigenvalue weighted by molar-refractivity contribution is -0.113. The molecule has 0 radical (unpaired) electrons. The maximum absolute atomic E-state index is 12.3. The molecule has 0 aliphatic carbocycles. The van der Waals surface area contributed by atoms with Crippen LogP contribution in [0.5, 0.6) is 23.0 Å². The molecule has 0 atom stereocenters. The first-order chi connectivity index (χ1) is 15.1. The number of ether oxygens (including phenoxy) is 4. The van der Waals surface area contributed by atoms with E-state index in [1.54, 1.807) is 46.6 Å². The average molecular weight is 442 g/mol. The van der Waals surface area contributed by atoms with Crippen molar-refractivity contribution in [2.45, 2.75) is 5.03 Å². The summed E-state index contributed by atoms with van der Waals surface area (Å²) in [6, 6.07) is 14.4. The van der Waals surface area contributed by atoms with Gasteiger partial charge < -0.3 is 24.3 Å². The van der Waals surface area contributed by atoms with Crippen molar-refractivity contribution < 1.29 is 23.7 Å². The van der Waals surface area contributed by atoms with E-state index in [-0.39, 0.29) is 11.7 Å². The monoisotopic (exact) mass is 441 g/mol. The first-order valence-electron chi connectivity index (χ1n) is 9.28. The predicted molar refractivity (Wildman–Crippen MR) is 119 cm³/mol. The fourth-order valence-electron chi connectivity index (χ4n) is 2.80. The van der Waals surface area contributed by atoms with Crippen LogP contribution < -0.4 is 24.3 Å². The van der Waals surface area contributed by atoms with Gasteiger partial charge in [0, 0.05) is 17.3 Å². The van der Waals surface area contributed by atoms with Crippen molar-refractivity contribution in [2.24, 2.45) is 0 Å². The molecule has 1 amide bonds. The number of carbonyl (C=O) groups excluding carboxylic acids is 1. The van der Waals surface area contributed by atoms with Crippen molar-refractivity contribution in [1.82, 2.24) is 10.2 Å². The lowest BCUT2D eigenvalue weighted by Gasteiger charge is -2.10. The molecule has 1 aromatic heterocycles. The molecule has 0 unspecified atom stereocenters. The minimum absolute atomic E-state index is 0.164. The Kier molecular flexibility index (Phi) is 7.55. The molecule has 9 heteroatoms. The van der Waals surface area contributed by atoms with Crippen LogP contribution in [0, 0.1) is 0 Å². The molecule has 3 aromatic rings. The van der Waals surface area contributed by atoms with E-state index in [2.05, 4.69) is 15.5 Å². The van der Waals surface area contributed by atoms with Crippen LogP contribution in [-0.2, 0) is 4.79 Å². The average Bonchev–Trinajstić information content (AvgIpc) is 2.82. The Labute approximate surface area is 184 Å². The summed E-state index contributed by atoms with van der Waals surface area (Å²) >= 11 is 1.30. The van der Waals surface area contributed by atoms with E-state index in [9.17, 15) is 4.79 Å². The molecule has 0 saturated carbocycles. The van der Waals surface area contributed by atoms with E-state index in [0.717, 1.165) is 5.56 Å². The summed E-state index contributed by atoms with van der Waals surface area (Å²) in [5, 5.41) is 11.9. The molecule has 2 aromatic carbocycles. The van der Waals surface area contributed by atoms with E-state index in [1.165, 1.54) is 11.8 Å². The second kappa shape index (κ2) is 10.5. The van der Waals surface area contributed by atoms with Gasteiger partial charge in [0.15, 0.2) is 23.0 Å². The van der Waals surface area contributed by atoms with Crippen LogP contribution in [0.2, 0.25) is 0 Å². The van der Waals surface area contributed by atoms with Gasteiger partial charge in [0.05, 0.1) is 39.9 Å². The molecule has 31 heavy (non-hydrogen) atoms. The Morgan fingerprint density at radius 2 is 1.45 bits per heavy atom. The zero-order chi connectivity index (χ0) is 22.2. The van der Waals surface area contributed by atoms with Crippen LogP contribution in [0.1, 0.15) is 0 Å². The fourth-order valence-corrected chi connectivity index (χ4v) is 3.41. The molecule has 0 fully saturated rings. The number of rotatable bonds is 9. The Morgan fingerprint density at radius 1 is 0.806 bits per heavy atom. The van der Waals surface area contributed by atoms with E-state index < -0.39 is 0 Å². The molecule has 0 saturated heterocycles. The third kappa shape index (κ3) is 5.58. The smallest absolute Gasteiger partial charge is 0.234 e. The van der Waals surface area contributed by atoms with Crippen molar-refractivity contribution in [3.63, 3.8) is 0 Å². The second-order valence-corrected chi connectivity index (χ2v) is 7.23. The van der Waals surface area contributed by atoms with Gasteiger partial charge in [-0.05, 0) is 42.5 Å². The maximum atomic E-state index is 12.3. The van der Waals surface area contributed by atoms with Crippen molar-refractivity contribution >= 4 is 23.4 Å². The molecule has 162 valence electrons. The van der Waals surface area contributed by atoms with Gasteiger partial charge >= 0.3 is 0 Å². The minimum atomic E-state index is -0.164. The highest BCUT2D eigenvalue weighted by molar-refractivity contribution is 7.99. The highest BCUT2D eigenvalue weighted by atomic mass is 32.2. The van der Waals surface area contributed by atoms with Crippen LogP contribution >= 0.6 is 11.8 Å². The molecular weight excluding hydrogens is 418 g/mol. The van der Waals surface area contributed by atoms with Crippen LogP contribution in [0.3, 0.4) is 0 Å². The summed E-state index contributed by atoms with van der Waals surface area (Å²) < 4.78 is 21.0. The number of hydrogen-bond donors (Lipinski definition) is 1. The zero-order valence-electron chi connectivity index (χ0n) is 17.7.